The summed E-state index contributed by atoms with van der Waals surface area (Å²) in [7, 11) is 0. The van der Waals surface area contributed by atoms with Crippen molar-refractivity contribution in [2.24, 2.45) is 0 Å². The van der Waals surface area contributed by atoms with Crippen molar-refractivity contribution in [3.8, 4) is 0 Å². The van der Waals surface area contributed by atoms with Crippen LogP contribution < -0.4 is 10.2 Å². The molecule has 2 aromatic rings. The van der Waals surface area contributed by atoms with Crippen LogP contribution in [0.4, 0.5) is 10.1 Å². The summed E-state index contributed by atoms with van der Waals surface area (Å²) in [6.45, 7) is 14.9. The SMILES string of the molecule is CC.CC.CC(=O)Sc1cc(CNC2CCN(CC3(O)CN4C(=C5CC5)C=Cc5ncc(F)c3c54)CC2)ccc1C. The van der Waals surface area contributed by atoms with Crippen LogP contribution in [0.25, 0.3) is 6.08 Å². The predicted octanol–water partition coefficient (Wildman–Crippen LogP) is 6.56. The fourth-order valence-electron chi connectivity index (χ4n) is 5.91. The number of benzene rings is 1. The van der Waals surface area contributed by atoms with Gasteiger partial charge in [-0.2, -0.15) is 0 Å². The van der Waals surface area contributed by atoms with E-state index < -0.39 is 11.4 Å². The lowest BCUT2D eigenvalue weighted by Gasteiger charge is -2.37. The normalized spacial score (nSPS) is 21.1. The smallest absolute Gasteiger partial charge is 0.190 e. The molecule has 0 amide bonds. The van der Waals surface area contributed by atoms with Crippen molar-refractivity contribution in [1.29, 1.82) is 0 Å². The van der Waals surface area contributed by atoms with Gasteiger partial charge in [0.1, 0.15) is 11.4 Å². The van der Waals surface area contributed by atoms with Crippen molar-refractivity contribution in [2.75, 3.05) is 31.1 Å². The number of aryl methyl sites for hydroxylation is 1. The minimum Gasteiger partial charge on any atom is -0.382 e. The van der Waals surface area contributed by atoms with Gasteiger partial charge in [-0.3, -0.25) is 14.7 Å². The highest BCUT2D eigenvalue weighted by molar-refractivity contribution is 8.13. The van der Waals surface area contributed by atoms with Gasteiger partial charge in [0.15, 0.2) is 5.12 Å². The quantitative estimate of drug-likeness (QED) is 0.375. The largest absolute Gasteiger partial charge is 0.382 e. The number of hydrogen-bond donors (Lipinski definition) is 2. The van der Waals surface area contributed by atoms with Gasteiger partial charge >= 0.3 is 0 Å². The molecule has 1 saturated carbocycles. The van der Waals surface area contributed by atoms with Gasteiger partial charge in [-0.25, -0.2) is 4.39 Å². The first-order chi connectivity index (χ1) is 19.8. The van der Waals surface area contributed by atoms with E-state index >= 15 is 4.39 Å². The van der Waals surface area contributed by atoms with Gasteiger partial charge in [-0.05, 0) is 80.6 Å². The summed E-state index contributed by atoms with van der Waals surface area (Å²) in [6, 6.07) is 6.68. The van der Waals surface area contributed by atoms with Crippen LogP contribution in [0, 0.1) is 12.7 Å². The van der Waals surface area contributed by atoms with Gasteiger partial charge in [0.2, 0.25) is 0 Å². The fourth-order valence-corrected chi connectivity index (χ4v) is 6.66. The van der Waals surface area contributed by atoms with Gasteiger partial charge in [0.05, 0.1) is 24.1 Å². The third-order valence-electron chi connectivity index (χ3n) is 7.92. The first-order valence-electron chi connectivity index (χ1n) is 15.1. The van der Waals surface area contributed by atoms with E-state index in [9.17, 15) is 9.90 Å². The summed E-state index contributed by atoms with van der Waals surface area (Å²) in [6.07, 6.45) is 9.35. The lowest BCUT2D eigenvalue weighted by atomic mass is 9.93. The topological polar surface area (TPSA) is 68.7 Å². The molecule has 1 saturated heterocycles. The second kappa shape index (κ2) is 13.6. The van der Waals surface area contributed by atoms with E-state index in [-0.39, 0.29) is 5.12 Å². The number of thioether (sulfide) groups is 1. The van der Waals surface area contributed by atoms with E-state index in [1.807, 2.05) is 40.7 Å². The van der Waals surface area contributed by atoms with Gasteiger partial charge in [-0.15, -0.1) is 0 Å². The molecular formula is C33H45FN4O2S. The van der Waals surface area contributed by atoms with Crippen LogP contribution in [-0.4, -0.2) is 52.3 Å². The molecule has 1 aromatic heterocycles. The molecule has 4 aliphatic rings. The maximum atomic E-state index is 15.1. The number of carbonyl (C=O) groups is 1. The zero-order valence-corrected chi connectivity index (χ0v) is 26.2. The Bertz CT molecular complexity index is 1310. The molecule has 222 valence electrons. The highest BCUT2D eigenvalue weighted by Gasteiger charge is 2.48. The molecule has 1 atom stereocenters. The van der Waals surface area contributed by atoms with Crippen molar-refractivity contribution in [3.05, 3.63) is 69.9 Å². The third-order valence-corrected chi connectivity index (χ3v) is 8.86. The zero-order chi connectivity index (χ0) is 29.7. The van der Waals surface area contributed by atoms with Crippen molar-refractivity contribution in [2.45, 2.75) is 90.3 Å². The Morgan fingerprint density at radius 2 is 1.88 bits per heavy atom. The van der Waals surface area contributed by atoms with Gasteiger partial charge in [-0.1, -0.05) is 51.6 Å². The summed E-state index contributed by atoms with van der Waals surface area (Å²) in [5.41, 5.74) is 5.39. The molecule has 1 aliphatic carbocycles. The Balaban J connectivity index is 0.000000929. The van der Waals surface area contributed by atoms with Crippen LogP contribution in [0.3, 0.4) is 0 Å². The van der Waals surface area contributed by atoms with Crippen molar-refractivity contribution in [1.82, 2.24) is 15.2 Å². The van der Waals surface area contributed by atoms with Crippen LogP contribution in [0.1, 0.15) is 82.7 Å². The summed E-state index contributed by atoms with van der Waals surface area (Å²) in [5, 5.41) is 15.6. The number of halogens is 1. The second-order valence-corrected chi connectivity index (χ2v) is 12.0. The number of nitrogens with zero attached hydrogens (tertiary/aromatic N) is 3. The number of carbonyl (C=O) groups excluding carboxylic acids is 1. The van der Waals surface area contributed by atoms with E-state index in [4.69, 9.17) is 0 Å². The minimum atomic E-state index is -1.27. The number of allylic oxidation sites excluding steroid dienone is 2. The Labute approximate surface area is 249 Å². The molecule has 0 spiro atoms. The van der Waals surface area contributed by atoms with Crippen LogP contribution in [0.5, 0.6) is 0 Å². The van der Waals surface area contributed by atoms with Gasteiger partial charge in [0.25, 0.3) is 0 Å². The van der Waals surface area contributed by atoms with Crippen LogP contribution in [-0.2, 0) is 16.9 Å². The number of aromatic nitrogens is 1. The summed E-state index contributed by atoms with van der Waals surface area (Å²) in [5.74, 6) is -0.420. The maximum Gasteiger partial charge on any atom is 0.190 e. The highest BCUT2D eigenvalue weighted by atomic mass is 32.2. The molecule has 6 rings (SSSR count). The van der Waals surface area contributed by atoms with Crippen molar-refractivity contribution >= 4 is 28.6 Å². The highest BCUT2D eigenvalue weighted by Crippen LogP contribution is 2.49. The lowest BCUT2D eigenvalue weighted by Crippen LogP contribution is -2.49. The zero-order valence-electron chi connectivity index (χ0n) is 25.4. The minimum absolute atomic E-state index is 0.0980. The monoisotopic (exact) mass is 580 g/mol. The number of pyridine rings is 1. The molecule has 4 heterocycles. The fraction of sp³-hybridized carbons (Fsp3) is 0.515. The summed E-state index contributed by atoms with van der Waals surface area (Å²) in [4.78, 5) is 21.2. The first kappa shape index (κ1) is 31.4. The molecule has 0 radical (unpaired) electrons. The number of aliphatic hydroxyl groups is 1. The average Bonchev–Trinajstić information content (AvgIpc) is 3.77. The molecule has 2 N–H and O–H groups in total. The Hall–Kier alpha value is -2.52. The van der Waals surface area contributed by atoms with Crippen molar-refractivity contribution in [3.63, 3.8) is 0 Å². The van der Waals surface area contributed by atoms with Crippen LogP contribution in [0.2, 0.25) is 0 Å². The number of anilines is 1. The second-order valence-electron chi connectivity index (χ2n) is 10.8. The lowest BCUT2D eigenvalue weighted by molar-refractivity contribution is -0.109. The Morgan fingerprint density at radius 3 is 2.54 bits per heavy atom. The predicted molar refractivity (Wildman–Crippen MR) is 167 cm³/mol. The molecule has 1 unspecified atom stereocenters. The van der Waals surface area contributed by atoms with E-state index in [0.29, 0.717) is 24.7 Å². The molecule has 41 heavy (non-hydrogen) atoms. The van der Waals surface area contributed by atoms with Crippen LogP contribution in [0.15, 0.2) is 46.6 Å². The Kier molecular flexibility index (Phi) is 10.4. The van der Waals surface area contributed by atoms with E-state index in [1.54, 1.807) is 6.92 Å². The number of piperidine rings is 1. The van der Waals surface area contributed by atoms with E-state index in [2.05, 4.69) is 44.4 Å². The molecule has 8 heteroatoms. The third kappa shape index (κ3) is 6.94. The van der Waals surface area contributed by atoms with Gasteiger partial charge < -0.3 is 15.3 Å². The number of hydrogen-bond acceptors (Lipinski definition) is 7. The number of likely N-dealkylation sites (tertiary alicyclic amines) is 1. The Morgan fingerprint density at radius 1 is 1.17 bits per heavy atom. The van der Waals surface area contributed by atoms with Gasteiger partial charge in [0, 0.05) is 42.2 Å². The summed E-state index contributed by atoms with van der Waals surface area (Å²) < 4.78 is 15.1. The molecule has 1 aromatic carbocycles. The first-order valence-corrected chi connectivity index (χ1v) is 15.9. The molecule has 2 fully saturated rings. The van der Waals surface area contributed by atoms with E-state index in [0.717, 1.165) is 72.9 Å². The molecule has 6 nitrogen and oxygen atoms in total. The molecule has 0 bridgehead atoms. The molecule has 3 aliphatic heterocycles. The number of β-amino-alcohol motifs (C(OH)–C–C–N with tert-alkyl or cyclic N) is 1. The summed E-state index contributed by atoms with van der Waals surface area (Å²) >= 11 is 1.29. The maximum absolute atomic E-state index is 15.1. The standard InChI is InChI=1S/C29H33FN4O2S.2C2H6/c1-18-3-4-20(13-26(18)37-19(2)35)14-31-22-9-11-33(12-10-22)16-29(36)17-34-25(21-5-6-21)8-7-24-28(34)27(29)23(30)15-32-24;2*1-2/h3-4,7-8,13,15,22,31,36H,5-6,9-12,14,16-17H2,1-2H3;2*1-2H3. The molecular weight excluding hydrogens is 535 g/mol. The number of rotatable bonds is 6. The average molecular weight is 581 g/mol. The van der Waals surface area contributed by atoms with E-state index in [1.165, 1.54) is 29.1 Å². The van der Waals surface area contributed by atoms with Crippen LogP contribution >= 0.6 is 11.8 Å². The number of nitrogens with one attached hydrogen (secondary N) is 1. The van der Waals surface area contributed by atoms with Crippen molar-refractivity contribution < 1.29 is 14.3 Å².